The first-order chi connectivity index (χ1) is 10.8. The zero-order chi connectivity index (χ0) is 17.6. The number of hydrogen-bond donors (Lipinski definition) is 1. The van der Waals surface area contributed by atoms with Gasteiger partial charge in [-0.25, -0.2) is 4.79 Å². The first kappa shape index (κ1) is 20.2. The molecule has 1 N–H and O–H groups in total. The molecule has 0 unspecified atom stereocenters. The van der Waals surface area contributed by atoms with Crippen LogP contribution in [0.4, 0.5) is 4.79 Å². The van der Waals surface area contributed by atoms with Crippen LogP contribution in [0.2, 0.25) is 0 Å². The van der Waals surface area contributed by atoms with Gasteiger partial charge in [-0.3, -0.25) is 4.90 Å². The summed E-state index contributed by atoms with van der Waals surface area (Å²) >= 11 is 2.22. The molecule has 130 valence electrons. The van der Waals surface area contributed by atoms with Gasteiger partial charge in [-0.15, -0.1) is 0 Å². The summed E-state index contributed by atoms with van der Waals surface area (Å²) in [6.07, 6.45) is -0.461. The lowest BCUT2D eigenvalue weighted by atomic mass is 9.90. The van der Waals surface area contributed by atoms with Gasteiger partial charge in [-0.05, 0) is 48.4 Å². The normalized spacial score (nSPS) is 14.1. The molecular weight excluding hydrogens is 409 g/mol. The monoisotopic (exact) mass is 435 g/mol. The minimum atomic E-state index is -1.08. The van der Waals surface area contributed by atoms with E-state index >= 15 is 0 Å². The highest BCUT2D eigenvalue weighted by molar-refractivity contribution is 14.1. The molecule has 23 heavy (non-hydrogen) atoms. The van der Waals surface area contributed by atoms with E-state index in [0.717, 1.165) is 9.13 Å². The minimum Gasteiger partial charge on any atom is -0.465 e. The molecule has 6 heteroatoms. The fourth-order valence-electron chi connectivity index (χ4n) is 2.82. The molecule has 1 amide bonds. The van der Waals surface area contributed by atoms with E-state index in [4.69, 9.17) is 9.47 Å². The summed E-state index contributed by atoms with van der Waals surface area (Å²) in [6, 6.07) is 7.49. The number of ether oxygens (including phenoxy) is 2. The molecule has 5 nitrogen and oxygen atoms in total. The Bertz CT molecular complexity index is 521. The van der Waals surface area contributed by atoms with E-state index in [1.54, 1.807) is 0 Å². The lowest BCUT2D eigenvalue weighted by molar-refractivity contribution is -0.215. The van der Waals surface area contributed by atoms with Crippen LogP contribution < -0.4 is 0 Å². The first-order valence-corrected chi connectivity index (χ1v) is 8.74. The molecule has 0 saturated heterocycles. The molecule has 1 rings (SSSR count). The van der Waals surface area contributed by atoms with Crippen LogP contribution in [-0.2, 0) is 15.2 Å². The van der Waals surface area contributed by atoms with Gasteiger partial charge in [0.15, 0.2) is 5.72 Å². The number of carbonyl (C=O) groups is 1. The third-order valence-corrected chi connectivity index (χ3v) is 4.45. The fourth-order valence-corrected chi connectivity index (χ4v) is 3.63. The van der Waals surface area contributed by atoms with Crippen molar-refractivity contribution in [3.8, 4) is 0 Å². The zero-order valence-corrected chi connectivity index (χ0v) is 16.5. The number of rotatable bonds is 8. The Kier molecular flexibility index (Phi) is 7.76. The summed E-state index contributed by atoms with van der Waals surface area (Å²) in [7, 11) is 1.54. The molecule has 0 aliphatic heterocycles. The predicted molar refractivity (Wildman–Crippen MR) is 98.3 cm³/mol. The second-order valence-electron chi connectivity index (χ2n) is 6.16. The van der Waals surface area contributed by atoms with Crippen LogP contribution in [0.3, 0.4) is 0 Å². The number of nitrogens with zero attached hydrogens (tertiary/aromatic N) is 1. The van der Waals surface area contributed by atoms with E-state index in [1.165, 1.54) is 12.0 Å². The third kappa shape index (κ3) is 4.81. The van der Waals surface area contributed by atoms with Gasteiger partial charge in [-0.2, -0.15) is 0 Å². The number of amides is 1. The van der Waals surface area contributed by atoms with Gasteiger partial charge in [0, 0.05) is 28.7 Å². The predicted octanol–water partition coefficient (Wildman–Crippen LogP) is 4.50. The molecule has 0 saturated carbocycles. The fraction of sp³-hybridized carbons (Fsp3) is 0.588. The van der Waals surface area contributed by atoms with Crippen molar-refractivity contribution in [1.29, 1.82) is 0 Å². The Labute approximate surface area is 152 Å². The largest absolute Gasteiger partial charge is 0.465 e. The second-order valence-corrected chi connectivity index (χ2v) is 7.32. The maximum absolute atomic E-state index is 12.0. The van der Waals surface area contributed by atoms with Crippen molar-refractivity contribution in [3.05, 3.63) is 33.4 Å². The third-order valence-electron chi connectivity index (χ3n) is 3.51. The Hall–Kier alpha value is -0.860. The van der Waals surface area contributed by atoms with Gasteiger partial charge in [0.25, 0.3) is 0 Å². The minimum absolute atomic E-state index is 0.0220. The molecule has 0 heterocycles. The Morgan fingerprint density at radius 1 is 1.30 bits per heavy atom. The molecule has 0 spiro atoms. The summed E-state index contributed by atoms with van der Waals surface area (Å²) in [5, 5.41) is 9.85. The van der Waals surface area contributed by atoms with E-state index in [-0.39, 0.29) is 18.8 Å². The highest BCUT2D eigenvalue weighted by Crippen LogP contribution is 2.40. The summed E-state index contributed by atoms with van der Waals surface area (Å²) in [6.45, 7) is 7.85. The van der Waals surface area contributed by atoms with Crippen LogP contribution in [0.5, 0.6) is 0 Å². The molecular formula is C17H26INO4. The molecule has 0 aromatic heterocycles. The summed E-state index contributed by atoms with van der Waals surface area (Å²) < 4.78 is 12.1. The number of benzene rings is 1. The number of halogens is 1. The van der Waals surface area contributed by atoms with Gasteiger partial charge in [0.05, 0.1) is 0 Å². The Balaban J connectivity index is 3.58. The maximum Gasteiger partial charge on any atom is 0.410 e. The van der Waals surface area contributed by atoms with Gasteiger partial charge < -0.3 is 14.6 Å². The Morgan fingerprint density at radius 3 is 2.35 bits per heavy atom. The highest BCUT2D eigenvalue weighted by atomic mass is 127. The van der Waals surface area contributed by atoms with E-state index in [1.807, 2.05) is 38.1 Å². The first-order valence-electron chi connectivity index (χ1n) is 7.66. The van der Waals surface area contributed by atoms with Crippen molar-refractivity contribution in [2.24, 2.45) is 5.92 Å². The van der Waals surface area contributed by atoms with E-state index < -0.39 is 11.8 Å². The maximum atomic E-state index is 12.0. The molecule has 0 radical (unpaired) electrons. The summed E-state index contributed by atoms with van der Waals surface area (Å²) in [5.74, 6) is 0.239. The molecule has 0 aliphatic rings. The average molecular weight is 435 g/mol. The summed E-state index contributed by atoms with van der Waals surface area (Å²) in [5.41, 5.74) is -0.232. The van der Waals surface area contributed by atoms with Gasteiger partial charge >= 0.3 is 6.09 Å². The zero-order valence-electron chi connectivity index (χ0n) is 14.4. The highest BCUT2D eigenvalue weighted by Gasteiger charge is 2.45. The number of carboxylic acid groups (broad SMARTS) is 1. The summed E-state index contributed by atoms with van der Waals surface area (Å²) in [4.78, 5) is 13.4. The lowest BCUT2D eigenvalue weighted by Gasteiger charge is -2.45. The molecule has 1 aromatic rings. The van der Waals surface area contributed by atoms with Gasteiger partial charge in [0.1, 0.15) is 6.79 Å². The molecule has 0 fully saturated rings. The molecule has 1 aromatic carbocycles. The quantitative estimate of drug-likeness (QED) is 0.483. The van der Waals surface area contributed by atoms with Crippen molar-refractivity contribution < 1.29 is 19.4 Å². The SMILES string of the molecule is COCO[C@@](CC(C)C)(c1ccccc1I)N(C(=O)O)C(C)C. The van der Waals surface area contributed by atoms with Crippen LogP contribution in [0.15, 0.2) is 24.3 Å². The lowest BCUT2D eigenvalue weighted by Crippen LogP contribution is -2.55. The van der Waals surface area contributed by atoms with Crippen LogP contribution in [0.1, 0.15) is 39.7 Å². The van der Waals surface area contributed by atoms with Crippen LogP contribution in [0.25, 0.3) is 0 Å². The Morgan fingerprint density at radius 2 is 1.91 bits per heavy atom. The van der Waals surface area contributed by atoms with Crippen molar-refractivity contribution in [1.82, 2.24) is 4.90 Å². The number of methoxy groups -OCH3 is 1. The standard InChI is InChI=1S/C17H26INO4/c1-12(2)10-17(23-11-22-5,19(13(3)4)16(20)21)14-8-6-7-9-15(14)18/h6-9,12-13H,10-11H2,1-5H3,(H,20,21)/t17-/m0/s1. The van der Waals surface area contributed by atoms with E-state index in [0.29, 0.717) is 6.42 Å². The van der Waals surface area contributed by atoms with Crippen molar-refractivity contribution in [2.45, 2.75) is 45.9 Å². The van der Waals surface area contributed by atoms with Crippen LogP contribution >= 0.6 is 22.6 Å². The van der Waals surface area contributed by atoms with Crippen LogP contribution in [-0.4, -0.2) is 36.0 Å². The van der Waals surface area contributed by atoms with Crippen molar-refractivity contribution in [3.63, 3.8) is 0 Å². The van der Waals surface area contributed by atoms with E-state index in [2.05, 4.69) is 36.4 Å². The topological polar surface area (TPSA) is 59.0 Å². The van der Waals surface area contributed by atoms with Gasteiger partial charge in [-0.1, -0.05) is 32.0 Å². The molecule has 0 bridgehead atoms. The number of hydrogen-bond acceptors (Lipinski definition) is 3. The van der Waals surface area contributed by atoms with Crippen molar-refractivity contribution in [2.75, 3.05) is 13.9 Å². The smallest absolute Gasteiger partial charge is 0.410 e. The average Bonchev–Trinajstić information content (AvgIpc) is 2.43. The second kappa shape index (κ2) is 8.84. The van der Waals surface area contributed by atoms with E-state index in [9.17, 15) is 9.90 Å². The van der Waals surface area contributed by atoms with Crippen LogP contribution in [0, 0.1) is 9.49 Å². The molecule has 0 aliphatic carbocycles. The van der Waals surface area contributed by atoms with Gasteiger partial charge in [0.2, 0.25) is 0 Å². The van der Waals surface area contributed by atoms with Crippen molar-refractivity contribution >= 4 is 28.7 Å². The molecule has 1 atom stereocenters.